The summed E-state index contributed by atoms with van der Waals surface area (Å²) in [4.78, 5) is 17.2. The van der Waals surface area contributed by atoms with Gasteiger partial charge in [-0.1, -0.05) is 19.3 Å². The topological polar surface area (TPSA) is 109 Å². The van der Waals surface area contributed by atoms with E-state index in [1.807, 2.05) is 6.92 Å². The van der Waals surface area contributed by atoms with Gasteiger partial charge in [-0.3, -0.25) is 10.0 Å². The molecule has 1 heterocycles. The van der Waals surface area contributed by atoms with E-state index in [4.69, 9.17) is 4.74 Å². The van der Waals surface area contributed by atoms with Crippen LogP contribution in [0.1, 0.15) is 42.8 Å². The second kappa shape index (κ2) is 9.86. The maximum atomic E-state index is 13.6. The van der Waals surface area contributed by atoms with Crippen LogP contribution in [-0.4, -0.2) is 42.0 Å². The van der Waals surface area contributed by atoms with Crippen molar-refractivity contribution in [1.82, 2.24) is 14.8 Å². The molecule has 2 aromatic rings. The number of carbonyl (C=O) groups excluding carboxylic acids is 1. The molecular weight excluding hydrogens is 426 g/mol. The number of hydrogen-bond acceptors (Lipinski definition) is 7. The van der Waals surface area contributed by atoms with Crippen molar-refractivity contribution < 1.29 is 23.2 Å². The van der Waals surface area contributed by atoms with Gasteiger partial charge in [0, 0.05) is 5.38 Å². The SMILES string of the molecule is COc1ccc(S(=O)(=O)N(Cc2csc(C)n2)C(C(=O)NO)C2CCCCC2)cc1. The molecule has 0 saturated heterocycles. The Morgan fingerprint density at radius 3 is 2.50 bits per heavy atom. The summed E-state index contributed by atoms with van der Waals surface area (Å²) in [5, 5.41) is 12.0. The largest absolute Gasteiger partial charge is 0.497 e. The number of nitrogens with one attached hydrogen (secondary N) is 1. The lowest BCUT2D eigenvalue weighted by atomic mass is 9.83. The molecule has 1 saturated carbocycles. The van der Waals surface area contributed by atoms with Gasteiger partial charge in [-0.15, -0.1) is 11.3 Å². The molecule has 1 aliphatic carbocycles. The third-order valence-electron chi connectivity index (χ3n) is 5.44. The average molecular weight is 454 g/mol. The number of hydroxylamine groups is 1. The van der Waals surface area contributed by atoms with Gasteiger partial charge in [0.2, 0.25) is 10.0 Å². The molecule has 2 N–H and O–H groups in total. The maximum Gasteiger partial charge on any atom is 0.262 e. The minimum absolute atomic E-state index is 0.0483. The summed E-state index contributed by atoms with van der Waals surface area (Å²) in [6.45, 7) is 1.79. The Bertz CT molecular complexity index is 953. The number of sulfonamides is 1. The van der Waals surface area contributed by atoms with Crippen LogP contribution in [0.4, 0.5) is 0 Å². The molecule has 1 fully saturated rings. The number of nitrogens with zero attached hydrogens (tertiary/aromatic N) is 2. The molecule has 1 aliphatic rings. The molecular formula is C20H27N3O5S2. The minimum atomic E-state index is -4.05. The first-order valence-corrected chi connectivity index (χ1v) is 12.2. The van der Waals surface area contributed by atoms with Crippen molar-refractivity contribution in [2.45, 2.75) is 56.5 Å². The number of amides is 1. The van der Waals surface area contributed by atoms with Crippen LogP contribution in [0.3, 0.4) is 0 Å². The number of carbonyl (C=O) groups is 1. The zero-order valence-electron chi connectivity index (χ0n) is 17.1. The predicted molar refractivity (Wildman–Crippen MR) is 113 cm³/mol. The van der Waals surface area contributed by atoms with E-state index in [1.54, 1.807) is 23.0 Å². The summed E-state index contributed by atoms with van der Waals surface area (Å²) in [6, 6.07) is 5.04. The van der Waals surface area contributed by atoms with E-state index in [0.717, 1.165) is 37.1 Å². The number of ether oxygens (including phenoxy) is 1. The molecule has 0 bridgehead atoms. The molecule has 164 valence electrons. The lowest BCUT2D eigenvalue weighted by Gasteiger charge is -2.36. The van der Waals surface area contributed by atoms with Crippen LogP contribution in [0.15, 0.2) is 34.5 Å². The predicted octanol–water partition coefficient (Wildman–Crippen LogP) is 3.11. The standard InChI is InChI=1S/C20H27N3O5S2/c1-14-21-16(13-29-14)12-23(19(20(24)22-25)15-6-4-3-5-7-15)30(26,27)18-10-8-17(28-2)9-11-18/h8-11,13,15,19,25H,3-7,12H2,1-2H3,(H,22,24). The number of benzene rings is 1. The van der Waals surface area contributed by atoms with E-state index in [-0.39, 0.29) is 17.4 Å². The Kier molecular flexibility index (Phi) is 7.45. The molecule has 0 spiro atoms. The van der Waals surface area contributed by atoms with Crippen LogP contribution >= 0.6 is 11.3 Å². The van der Waals surface area contributed by atoms with E-state index in [9.17, 15) is 18.4 Å². The number of methoxy groups -OCH3 is 1. The number of thiazole rings is 1. The average Bonchev–Trinajstić information content (AvgIpc) is 3.18. The minimum Gasteiger partial charge on any atom is -0.497 e. The van der Waals surface area contributed by atoms with Gasteiger partial charge in [0.05, 0.1) is 29.3 Å². The summed E-state index contributed by atoms with van der Waals surface area (Å²) >= 11 is 1.42. The molecule has 0 radical (unpaired) electrons. The zero-order valence-corrected chi connectivity index (χ0v) is 18.7. The summed E-state index contributed by atoms with van der Waals surface area (Å²) < 4.78 is 33.6. The van der Waals surface area contributed by atoms with Crippen molar-refractivity contribution in [1.29, 1.82) is 0 Å². The Hall–Kier alpha value is -2.01. The van der Waals surface area contributed by atoms with Crippen LogP contribution < -0.4 is 10.2 Å². The summed E-state index contributed by atoms with van der Waals surface area (Å²) in [5.74, 6) is -0.364. The van der Waals surface area contributed by atoms with E-state index in [1.165, 1.54) is 34.9 Å². The number of aryl methyl sites for hydroxylation is 1. The fourth-order valence-electron chi connectivity index (χ4n) is 3.95. The molecule has 1 amide bonds. The molecule has 3 rings (SSSR count). The van der Waals surface area contributed by atoms with Gasteiger partial charge in [-0.2, -0.15) is 4.31 Å². The Morgan fingerprint density at radius 1 is 1.30 bits per heavy atom. The van der Waals surface area contributed by atoms with Crippen molar-refractivity contribution in [3.05, 3.63) is 40.3 Å². The highest BCUT2D eigenvalue weighted by Crippen LogP contribution is 2.33. The van der Waals surface area contributed by atoms with Gasteiger partial charge in [-0.25, -0.2) is 18.9 Å². The fourth-order valence-corrected chi connectivity index (χ4v) is 6.18. The van der Waals surface area contributed by atoms with Crippen molar-refractivity contribution in [3.8, 4) is 5.75 Å². The van der Waals surface area contributed by atoms with Crippen LogP contribution in [0.2, 0.25) is 0 Å². The van der Waals surface area contributed by atoms with E-state index >= 15 is 0 Å². The summed E-state index contributed by atoms with van der Waals surface area (Å²) in [7, 11) is -2.54. The summed E-state index contributed by atoms with van der Waals surface area (Å²) in [6.07, 6.45) is 4.35. The molecule has 8 nitrogen and oxygen atoms in total. The zero-order chi connectivity index (χ0) is 21.7. The quantitative estimate of drug-likeness (QED) is 0.470. The van der Waals surface area contributed by atoms with Gasteiger partial charge >= 0.3 is 0 Å². The lowest BCUT2D eigenvalue weighted by molar-refractivity contribution is -0.135. The first kappa shape index (κ1) is 22.7. The molecule has 1 atom stereocenters. The molecule has 0 aliphatic heterocycles. The highest BCUT2D eigenvalue weighted by molar-refractivity contribution is 7.89. The Balaban J connectivity index is 2.05. The van der Waals surface area contributed by atoms with Crippen molar-refractivity contribution in [2.24, 2.45) is 5.92 Å². The number of aromatic nitrogens is 1. The lowest BCUT2D eigenvalue weighted by Crippen LogP contribution is -2.52. The van der Waals surface area contributed by atoms with Crippen LogP contribution in [0.5, 0.6) is 5.75 Å². The van der Waals surface area contributed by atoms with E-state index in [2.05, 4.69) is 4.98 Å². The van der Waals surface area contributed by atoms with Crippen LogP contribution in [-0.2, 0) is 21.4 Å². The first-order valence-electron chi connectivity index (χ1n) is 9.87. The third-order valence-corrected chi connectivity index (χ3v) is 8.10. The molecule has 10 heteroatoms. The Morgan fingerprint density at radius 2 is 1.97 bits per heavy atom. The highest BCUT2D eigenvalue weighted by atomic mass is 32.2. The normalized spacial score (nSPS) is 16.4. The van der Waals surface area contributed by atoms with E-state index in [0.29, 0.717) is 11.4 Å². The first-order chi connectivity index (χ1) is 14.4. The smallest absolute Gasteiger partial charge is 0.262 e. The van der Waals surface area contributed by atoms with Gasteiger partial charge in [0.1, 0.15) is 11.8 Å². The van der Waals surface area contributed by atoms with Crippen molar-refractivity contribution in [3.63, 3.8) is 0 Å². The van der Waals surface area contributed by atoms with Crippen LogP contribution in [0, 0.1) is 12.8 Å². The molecule has 1 aromatic heterocycles. The van der Waals surface area contributed by atoms with E-state index < -0.39 is 22.0 Å². The molecule has 1 aromatic carbocycles. The van der Waals surface area contributed by atoms with Gasteiger partial charge in [0.15, 0.2) is 0 Å². The molecule has 30 heavy (non-hydrogen) atoms. The Labute approximate surface area is 180 Å². The number of hydrogen-bond donors (Lipinski definition) is 2. The van der Waals surface area contributed by atoms with Gasteiger partial charge < -0.3 is 4.74 Å². The van der Waals surface area contributed by atoms with Gasteiger partial charge in [-0.05, 0) is 49.9 Å². The monoisotopic (exact) mass is 453 g/mol. The van der Waals surface area contributed by atoms with Gasteiger partial charge in [0.25, 0.3) is 5.91 Å². The summed E-state index contributed by atoms with van der Waals surface area (Å²) in [5.41, 5.74) is 2.26. The fraction of sp³-hybridized carbons (Fsp3) is 0.500. The highest BCUT2D eigenvalue weighted by Gasteiger charge is 2.41. The third kappa shape index (κ3) is 5.00. The van der Waals surface area contributed by atoms with Crippen LogP contribution in [0.25, 0.3) is 0 Å². The number of rotatable bonds is 8. The molecule has 1 unspecified atom stereocenters. The second-order valence-corrected chi connectivity index (χ2v) is 10.4. The maximum absolute atomic E-state index is 13.6. The van der Waals surface area contributed by atoms with Crippen molar-refractivity contribution in [2.75, 3.05) is 7.11 Å². The second-order valence-electron chi connectivity index (χ2n) is 7.40. The van der Waals surface area contributed by atoms with Crippen molar-refractivity contribution >= 4 is 27.3 Å².